The minimum atomic E-state index is -0.369. The van der Waals surface area contributed by atoms with Crippen LogP contribution in [-0.2, 0) is 17.6 Å². The van der Waals surface area contributed by atoms with Crippen molar-refractivity contribution in [2.75, 3.05) is 20.6 Å². The molecule has 3 rings (SSSR count). The summed E-state index contributed by atoms with van der Waals surface area (Å²) in [6.07, 6.45) is 6.06. The van der Waals surface area contributed by atoms with Gasteiger partial charge in [-0.2, -0.15) is 0 Å². The quantitative estimate of drug-likeness (QED) is 0.889. The van der Waals surface area contributed by atoms with Crippen LogP contribution < -0.4 is 11.1 Å². The van der Waals surface area contributed by atoms with E-state index in [0.717, 1.165) is 38.5 Å². The van der Waals surface area contributed by atoms with E-state index in [9.17, 15) is 4.79 Å². The lowest BCUT2D eigenvalue weighted by molar-refractivity contribution is -0.128. The molecular weight excluding hydrogens is 298 g/mol. The Labute approximate surface area is 145 Å². The molecule has 1 aromatic carbocycles. The second kappa shape index (κ2) is 6.49. The van der Waals surface area contributed by atoms with Crippen molar-refractivity contribution in [3.05, 3.63) is 35.4 Å². The van der Waals surface area contributed by atoms with Crippen LogP contribution in [0.25, 0.3) is 0 Å². The number of nitrogens with one attached hydrogen (secondary N) is 1. The first-order valence-corrected chi connectivity index (χ1v) is 9.15. The van der Waals surface area contributed by atoms with Crippen LogP contribution in [0.15, 0.2) is 24.3 Å². The third kappa shape index (κ3) is 3.22. The summed E-state index contributed by atoms with van der Waals surface area (Å²) in [5.74, 6) is 0.0751. The van der Waals surface area contributed by atoms with Gasteiger partial charge in [-0.1, -0.05) is 37.1 Å². The molecule has 4 nitrogen and oxygen atoms in total. The summed E-state index contributed by atoms with van der Waals surface area (Å²) in [7, 11) is 4.23. The molecule has 0 spiro atoms. The number of hydrogen-bond donors (Lipinski definition) is 2. The van der Waals surface area contributed by atoms with Gasteiger partial charge in [0.05, 0.1) is 5.92 Å². The largest absolute Gasteiger partial charge is 0.354 e. The third-order valence-electron chi connectivity index (χ3n) is 6.27. The molecule has 2 aliphatic rings. The summed E-state index contributed by atoms with van der Waals surface area (Å²) in [6, 6.07) is 8.62. The van der Waals surface area contributed by atoms with Gasteiger partial charge in [0.15, 0.2) is 0 Å². The molecule has 24 heavy (non-hydrogen) atoms. The van der Waals surface area contributed by atoms with Crippen molar-refractivity contribution in [3.63, 3.8) is 0 Å². The second-order valence-electron chi connectivity index (χ2n) is 8.26. The lowest BCUT2D eigenvalue weighted by atomic mass is 9.74. The lowest BCUT2D eigenvalue weighted by Crippen LogP contribution is -2.57. The van der Waals surface area contributed by atoms with Crippen molar-refractivity contribution in [3.8, 4) is 0 Å². The first-order chi connectivity index (χ1) is 11.3. The van der Waals surface area contributed by atoms with Crippen LogP contribution in [0.1, 0.15) is 43.7 Å². The molecule has 0 radical (unpaired) electrons. The van der Waals surface area contributed by atoms with E-state index in [2.05, 4.69) is 48.6 Å². The molecule has 0 heterocycles. The van der Waals surface area contributed by atoms with Crippen molar-refractivity contribution >= 4 is 5.91 Å². The zero-order valence-corrected chi connectivity index (χ0v) is 15.3. The van der Waals surface area contributed by atoms with Gasteiger partial charge in [0.25, 0.3) is 0 Å². The molecule has 1 saturated carbocycles. The van der Waals surface area contributed by atoms with Crippen molar-refractivity contribution in [1.82, 2.24) is 10.2 Å². The van der Waals surface area contributed by atoms with Gasteiger partial charge in [0.2, 0.25) is 5.91 Å². The topological polar surface area (TPSA) is 58.4 Å². The number of carbonyl (C=O) groups excluding carboxylic acids is 1. The van der Waals surface area contributed by atoms with E-state index >= 15 is 0 Å². The van der Waals surface area contributed by atoms with Gasteiger partial charge in [0.1, 0.15) is 0 Å². The van der Waals surface area contributed by atoms with E-state index in [0.29, 0.717) is 6.54 Å². The van der Waals surface area contributed by atoms with Crippen LogP contribution in [0.4, 0.5) is 0 Å². The van der Waals surface area contributed by atoms with Crippen LogP contribution in [0, 0.1) is 5.92 Å². The van der Waals surface area contributed by atoms with Crippen LogP contribution in [0.5, 0.6) is 0 Å². The molecule has 2 aliphatic carbocycles. The number of nitrogens with zero attached hydrogens (tertiary/aromatic N) is 1. The molecule has 1 aromatic rings. The average molecular weight is 329 g/mol. The Kier molecular flexibility index (Phi) is 4.71. The van der Waals surface area contributed by atoms with Crippen molar-refractivity contribution in [2.45, 2.75) is 56.5 Å². The summed E-state index contributed by atoms with van der Waals surface area (Å²) in [5, 5.41) is 3.25. The molecule has 0 aliphatic heterocycles. The van der Waals surface area contributed by atoms with Gasteiger partial charge in [-0.15, -0.1) is 0 Å². The van der Waals surface area contributed by atoms with Gasteiger partial charge >= 0.3 is 0 Å². The molecule has 2 unspecified atom stereocenters. The number of hydrogen-bond acceptors (Lipinski definition) is 3. The maximum absolute atomic E-state index is 12.8. The van der Waals surface area contributed by atoms with Crippen molar-refractivity contribution in [1.29, 1.82) is 0 Å². The normalized spacial score (nSPS) is 28.6. The maximum Gasteiger partial charge on any atom is 0.225 e. The van der Waals surface area contributed by atoms with Crippen molar-refractivity contribution < 1.29 is 4.79 Å². The van der Waals surface area contributed by atoms with Crippen LogP contribution in [0.2, 0.25) is 0 Å². The number of likely N-dealkylation sites (N-methyl/N-ethyl adjacent to an activating group) is 1. The van der Waals surface area contributed by atoms with Gasteiger partial charge in [-0.25, -0.2) is 0 Å². The van der Waals surface area contributed by atoms with Gasteiger partial charge in [-0.3, -0.25) is 4.79 Å². The highest BCUT2D eigenvalue weighted by Gasteiger charge is 2.42. The van der Waals surface area contributed by atoms with E-state index in [1.807, 2.05) is 6.92 Å². The zero-order valence-electron chi connectivity index (χ0n) is 15.3. The SMILES string of the molecule is CN(C)C1(CNC(=O)C2CCCCC2(C)N)Cc2ccccc2C1. The molecule has 2 atom stereocenters. The van der Waals surface area contributed by atoms with Gasteiger partial charge in [0, 0.05) is 17.6 Å². The molecule has 0 saturated heterocycles. The number of nitrogens with two attached hydrogens (primary N) is 1. The highest BCUT2D eigenvalue weighted by molar-refractivity contribution is 5.80. The van der Waals surface area contributed by atoms with Gasteiger partial charge in [-0.05, 0) is 57.8 Å². The number of fused-ring (bicyclic) bond motifs is 1. The number of benzene rings is 1. The highest BCUT2D eigenvalue weighted by Crippen LogP contribution is 2.34. The van der Waals surface area contributed by atoms with E-state index < -0.39 is 0 Å². The minimum absolute atomic E-state index is 0.0288. The predicted molar refractivity (Wildman–Crippen MR) is 97.8 cm³/mol. The molecule has 3 N–H and O–H groups in total. The fourth-order valence-corrected chi connectivity index (χ4v) is 4.44. The third-order valence-corrected chi connectivity index (χ3v) is 6.27. The van der Waals surface area contributed by atoms with E-state index in [4.69, 9.17) is 5.73 Å². The number of amides is 1. The fraction of sp³-hybridized carbons (Fsp3) is 0.650. The summed E-state index contributed by atoms with van der Waals surface area (Å²) in [6.45, 7) is 2.71. The van der Waals surface area contributed by atoms with E-state index in [1.165, 1.54) is 11.1 Å². The Bertz CT molecular complexity index is 584. The monoisotopic (exact) mass is 329 g/mol. The first kappa shape index (κ1) is 17.4. The molecule has 0 bridgehead atoms. The van der Waals surface area contributed by atoms with Crippen LogP contribution >= 0.6 is 0 Å². The highest BCUT2D eigenvalue weighted by atomic mass is 16.2. The standard InChI is InChI=1S/C20H31N3O/c1-19(21)11-7-6-10-17(19)18(24)22-14-20(23(2)3)12-15-8-4-5-9-16(15)13-20/h4-5,8-9,17H,6-7,10-14,21H2,1-3H3,(H,22,24). The molecule has 0 aromatic heterocycles. The molecule has 132 valence electrons. The minimum Gasteiger partial charge on any atom is -0.354 e. The van der Waals surface area contributed by atoms with Crippen molar-refractivity contribution in [2.24, 2.45) is 11.7 Å². The summed E-state index contributed by atoms with van der Waals surface area (Å²) in [4.78, 5) is 15.1. The summed E-state index contributed by atoms with van der Waals surface area (Å²) < 4.78 is 0. The number of rotatable bonds is 4. The van der Waals surface area contributed by atoms with E-state index in [1.54, 1.807) is 0 Å². The Hall–Kier alpha value is -1.39. The second-order valence-corrected chi connectivity index (χ2v) is 8.26. The zero-order chi connectivity index (χ0) is 17.4. The molecule has 1 amide bonds. The van der Waals surface area contributed by atoms with Crippen LogP contribution in [-0.4, -0.2) is 42.5 Å². The summed E-state index contributed by atoms with van der Waals surface area (Å²) >= 11 is 0. The smallest absolute Gasteiger partial charge is 0.225 e. The Morgan fingerprint density at radius 3 is 2.42 bits per heavy atom. The average Bonchev–Trinajstić information content (AvgIpc) is 2.92. The van der Waals surface area contributed by atoms with E-state index in [-0.39, 0.29) is 22.9 Å². The molecule has 4 heteroatoms. The Balaban J connectivity index is 1.69. The predicted octanol–water partition coefficient (Wildman–Crippen LogP) is 2.11. The fourth-order valence-electron chi connectivity index (χ4n) is 4.44. The Morgan fingerprint density at radius 2 is 1.88 bits per heavy atom. The lowest BCUT2D eigenvalue weighted by Gasteiger charge is -2.40. The Morgan fingerprint density at radius 1 is 1.25 bits per heavy atom. The summed E-state index contributed by atoms with van der Waals surface area (Å²) in [5.41, 5.74) is 8.81. The number of carbonyl (C=O) groups is 1. The maximum atomic E-state index is 12.8. The molecular formula is C20H31N3O. The van der Waals surface area contributed by atoms with Crippen LogP contribution in [0.3, 0.4) is 0 Å². The first-order valence-electron chi connectivity index (χ1n) is 9.15. The van der Waals surface area contributed by atoms with Gasteiger partial charge < -0.3 is 16.0 Å². The molecule has 1 fully saturated rings.